The largest absolute Gasteiger partial charge is 0.395 e. The summed E-state index contributed by atoms with van der Waals surface area (Å²) in [7, 11) is -3.92. The van der Waals surface area contributed by atoms with Gasteiger partial charge in [-0.25, -0.2) is 31.3 Å². The highest BCUT2D eigenvalue weighted by Gasteiger charge is 2.47. The normalized spacial score (nSPS) is 19.9. The van der Waals surface area contributed by atoms with Crippen LogP contribution in [0.1, 0.15) is 54.9 Å². The maximum atomic E-state index is 15.6. The van der Waals surface area contributed by atoms with Gasteiger partial charge in [0, 0.05) is 31.3 Å². The van der Waals surface area contributed by atoms with Crippen molar-refractivity contribution in [2.75, 3.05) is 40.4 Å². The maximum Gasteiger partial charge on any atom is 0.261 e. The Morgan fingerprint density at radius 1 is 1.12 bits per heavy atom. The summed E-state index contributed by atoms with van der Waals surface area (Å²) in [6.45, 7) is 0.572. The van der Waals surface area contributed by atoms with Crippen molar-refractivity contribution < 1.29 is 31.5 Å². The number of nitrogens with one attached hydrogen (secondary N) is 2. The number of alkyl halides is 2. The number of hydrogen-bond donors (Lipinski definition) is 3. The molecule has 3 N–H and O–H groups in total. The second kappa shape index (κ2) is 9.61. The highest BCUT2D eigenvalue weighted by molar-refractivity contribution is 7.92. The van der Waals surface area contributed by atoms with Gasteiger partial charge < -0.3 is 15.3 Å². The molecule has 1 spiro atoms. The van der Waals surface area contributed by atoms with Gasteiger partial charge in [-0.2, -0.15) is 5.10 Å². The van der Waals surface area contributed by atoms with Gasteiger partial charge in [-0.1, -0.05) is 0 Å². The Labute approximate surface area is 228 Å². The Balaban J connectivity index is 1.30. The van der Waals surface area contributed by atoms with Crippen LogP contribution in [-0.2, 0) is 10.0 Å². The smallest absolute Gasteiger partial charge is 0.261 e. The molecule has 3 aromatic rings. The van der Waals surface area contributed by atoms with E-state index in [1.165, 1.54) is 23.0 Å². The van der Waals surface area contributed by atoms with Gasteiger partial charge in [-0.3, -0.25) is 9.52 Å². The predicted octanol–water partition coefficient (Wildman–Crippen LogP) is 3.91. The lowest BCUT2D eigenvalue weighted by atomic mass is 9.88. The first-order chi connectivity index (χ1) is 19.0. The van der Waals surface area contributed by atoms with E-state index in [2.05, 4.69) is 20.1 Å². The molecule has 214 valence electrons. The molecule has 0 bridgehead atoms. The van der Waals surface area contributed by atoms with E-state index >= 15 is 4.39 Å². The molecule has 1 amide bonds. The van der Waals surface area contributed by atoms with E-state index < -0.39 is 46.1 Å². The summed E-state index contributed by atoms with van der Waals surface area (Å²) in [6.07, 6.45) is 4.89. The maximum absolute atomic E-state index is 15.6. The molecule has 3 fully saturated rings. The molecule has 2 aromatic heterocycles. The van der Waals surface area contributed by atoms with Crippen molar-refractivity contribution in [3.8, 4) is 0 Å². The van der Waals surface area contributed by atoms with E-state index in [1.54, 1.807) is 6.07 Å². The van der Waals surface area contributed by atoms with Gasteiger partial charge >= 0.3 is 0 Å². The zero-order chi connectivity index (χ0) is 28.3. The fraction of sp³-hybridized carbons (Fsp3) is 0.500. The minimum atomic E-state index is -3.92. The van der Waals surface area contributed by atoms with Crippen LogP contribution in [0.2, 0.25) is 0 Å². The first kappa shape index (κ1) is 26.8. The minimum Gasteiger partial charge on any atom is -0.395 e. The van der Waals surface area contributed by atoms with E-state index in [1.807, 2.05) is 4.90 Å². The monoisotopic (exact) mass is 578 g/mol. The number of rotatable bonds is 8. The lowest BCUT2D eigenvalue weighted by Gasteiger charge is -2.35. The number of carbonyl (C=O) groups is 1. The predicted molar refractivity (Wildman–Crippen MR) is 143 cm³/mol. The molecular formula is C26H29F3N6O4S. The number of aromatic nitrogens is 3. The average molecular weight is 579 g/mol. The fourth-order valence-corrected chi connectivity index (χ4v) is 6.43. The van der Waals surface area contributed by atoms with Gasteiger partial charge in [0.05, 0.1) is 41.5 Å². The van der Waals surface area contributed by atoms with Gasteiger partial charge in [0.1, 0.15) is 11.6 Å². The van der Waals surface area contributed by atoms with Crippen molar-refractivity contribution >= 4 is 44.2 Å². The van der Waals surface area contributed by atoms with Crippen LogP contribution in [0.15, 0.2) is 30.5 Å². The molecule has 2 aliphatic carbocycles. The molecule has 40 heavy (non-hydrogen) atoms. The number of halogens is 3. The summed E-state index contributed by atoms with van der Waals surface area (Å²) in [4.78, 5) is 19.8. The summed E-state index contributed by atoms with van der Waals surface area (Å²) in [5.41, 5.74) is 0.580. The molecule has 1 aromatic carbocycles. The topological polar surface area (TPSA) is 129 Å². The lowest BCUT2D eigenvalue weighted by molar-refractivity contribution is -0.106. The Hall–Kier alpha value is -3.39. The fourth-order valence-electron chi connectivity index (χ4n) is 5.62. The zero-order valence-corrected chi connectivity index (χ0v) is 22.4. The first-order valence-corrected chi connectivity index (χ1v) is 14.9. The quantitative estimate of drug-likeness (QED) is 0.370. The van der Waals surface area contributed by atoms with Crippen LogP contribution < -0.4 is 14.9 Å². The number of anilines is 3. The molecule has 1 saturated heterocycles. The number of benzene rings is 1. The zero-order valence-electron chi connectivity index (χ0n) is 21.5. The first-order valence-electron chi connectivity index (χ1n) is 13.2. The second-order valence-corrected chi connectivity index (χ2v) is 12.9. The van der Waals surface area contributed by atoms with Crippen molar-refractivity contribution in [1.29, 1.82) is 0 Å². The molecule has 0 unspecified atom stereocenters. The SMILES string of the molecule is O=C(Nc1ccc2cnn(C3CC(F)(F)C3)c2n1)c1c(F)cc(NS(=O)(=O)CCO)cc1N1CCC2(CC1)CC2. The third-order valence-corrected chi connectivity index (χ3v) is 9.42. The highest BCUT2D eigenvalue weighted by atomic mass is 32.2. The average Bonchev–Trinajstić information content (AvgIpc) is 3.48. The number of sulfonamides is 1. The van der Waals surface area contributed by atoms with Crippen molar-refractivity contribution in [2.24, 2.45) is 5.41 Å². The number of aliphatic hydroxyl groups excluding tert-OH is 1. The Kier molecular flexibility index (Phi) is 6.44. The molecular weight excluding hydrogens is 549 g/mol. The number of pyridine rings is 1. The third-order valence-electron chi connectivity index (χ3n) is 8.15. The molecule has 10 nitrogen and oxygen atoms in total. The molecule has 3 heterocycles. The number of piperidine rings is 1. The van der Waals surface area contributed by atoms with Gasteiger partial charge in [-0.15, -0.1) is 0 Å². The number of aliphatic hydroxyl groups is 1. The van der Waals surface area contributed by atoms with Gasteiger partial charge in [0.15, 0.2) is 5.65 Å². The van der Waals surface area contributed by atoms with E-state index in [9.17, 15) is 22.0 Å². The van der Waals surface area contributed by atoms with Crippen molar-refractivity contribution in [1.82, 2.24) is 14.8 Å². The van der Waals surface area contributed by atoms with E-state index in [4.69, 9.17) is 5.11 Å². The van der Waals surface area contributed by atoms with Crippen molar-refractivity contribution in [2.45, 2.75) is 50.5 Å². The van der Waals surface area contributed by atoms with Crippen LogP contribution >= 0.6 is 0 Å². The third kappa shape index (κ3) is 5.21. The van der Waals surface area contributed by atoms with Crippen LogP contribution in [0.4, 0.5) is 30.4 Å². The molecule has 1 aliphatic heterocycles. The molecule has 3 aliphatic rings. The number of hydrogen-bond acceptors (Lipinski definition) is 7. The molecule has 6 rings (SSSR count). The molecule has 2 saturated carbocycles. The minimum absolute atomic E-state index is 0.0510. The van der Waals surface area contributed by atoms with E-state index in [0.717, 1.165) is 31.7 Å². The number of fused-ring (bicyclic) bond motifs is 1. The summed E-state index contributed by atoms with van der Waals surface area (Å²) >= 11 is 0. The lowest BCUT2D eigenvalue weighted by Crippen LogP contribution is -2.37. The summed E-state index contributed by atoms with van der Waals surface area (Å²) in [5, 5.41) is 16.5. The van der Waals surface area contributed by atoms with Gasteiger partial charge in [0.25, 0.3) is 11.8 Å². The van der Waals surface area contributed by atoms with Crippen molar-refractivity contribution in [3.63, 3.8) is 0 Å². The number of carbonyl (C=O) groups excluding carboxylic acids is 1. The van der Waals surface area contributed by atoms with E-state index in [0.29, 0.717) is 29.5 Å². The van der Waals surface area contributed by atoms with E-state index in [-0.39, 0.29) is 35.6 Å². The van der Waals surface area contributed by atoms with Crippen LogP contribution in [0.3, 0.4) is 0 Å². The van der Waals surface area contributed by atoms with Crippen LogP contribution in [0.5, 0.6) is 0 Å². The van der Waals surface area contributed by atoms with Gasteiger partial charge in [-0.05, 0) is 55.4 Å². The molecule has 0 atom stereocenters. The van der Waals surface area contributed by atoms with Crippen LogP contribution in [0, 0.1) is 11.2 Å². The molecule has 14 heteroatoms. The number of amides is 1. The Morgan fingerprint density at radius 3 is 2.50 bits per heavy atom. The molecule has 0 radical (unpaired) electrons. The number of nitrogens with zero attached hydrogens (tertiary/aromatic N) is 4. The second-order valence-electron chi connectivity index (χ2n) is 11.1. The van der Waals surface area contributed by atoms with Crippen LogP contribution in [0.25, 0.3) is 11.0 Å². The van der Waals surface area contributed by atoms with Gasteiger partial charge in [0.2, 0.25) is 10.0 Å². The highest BCUT2D eigenvalue weighted by Crippen LogP contribution is 2.54. The Bertz CT molecular complexity index is 1570. The summed E-state index contributed by atoms with van der Waals surface area (Å²) in [6, 6.07) is 5.02. The van der Waals surface area contributed by atoms with Crippen molar-refractivity contribution in [3.05, 3.63) is 41.8 Å². The summed E-state index contributed by atoms with van der Waals surface area (Å²) < 4.78 is 70.6. The Morgan fingerprint density at radius 2 is 1.85 bits per heavy atom. The summed E-state index contributed by atoms with van der Waals surface area (Å²) in [5.74, 6) is -4.90. The standard InChI is InChI=1S/C26H29F3N6O4S/c27-19-11-17(33-40(38,39)10-9-36)12-20(34-7-5-25(3-4-25)6-8-34)22(19)24(37)32-21-2-1-16-15-30-35(23(16)31-21)18-13-26(28,29)14-18/h1-2,11-12,15,18,33,36H,3-10,13-14H2,(H,31,32,37). The van der Waals surface area contributed by atoms with Crippen LogP contribution in [-0.4, -0.2) is 65.6 Å².